The van der Waals surface area contributed by atoms with Gasteiger partial charge in [-0.25, -0.2) is 0 Å². The van der Waals surface area contributed by atoms with Crippen molar-refractivity contribution < 1.29 is 4.74 Å². The van der Waals surface area contributed by atoms with E-state index in [4.69, 9.17) is 4.74 Å². The second-order valence-corrected chi connectivity index (χ2v) is 18.8. The largest absolute Gasteiger partial charge is 0.456 e. The van der Waals surface area contributed by atoms with Gasteiger partial charge < -0.3 is 14.2 Å². The van der Waals surface area contributed by atoms with E-state index in [1.54, 1.807) is 0 Å². The van der Waals surface area contributed by atoms with E-state index in [1.165, 1.54) is 72.0 Å². The fourth-order valence-corrected chi connectivity index (χ4v) is 12.1. The van der Waals surface area contributed by atoms with Crippen molar-refractivity contribution in [1.29, 1.82) is 0 Å². The monoisotopic (exact) mass is 856 g/mol. The van der Waals surface area contributed by atoms with Crippen LogP contribution in [0.25, 0.3) is 60.9 Å². The summed E-state index contributed by atoms with van der Waals surface area (Å²) >= 11 is 0. The molecule has 0 amide bonds. The highest BCUT2D eigenvalue weighted by molar-refractivity contribution is 6.12. The van der Waals surface area contributed by atoms with Crippen LogP contribution >= 0.6 is 0 Å². The SMILES string of the molecule is CC1(C)c2ccccc2-c2ccc(N(c3ccc(-c4ccccc4)cc3)c3ccc(-c4cccc5c4Oc4ccccc4C54c5ccccc5-n5c6ccccc6c6cccc4c65)cc3)cc21. The maximum Gasteiger partial charge on any atom is 0.140 e. The van der Waals surface area contributed by atoms with Gasteiger partial charge in [0.1, 0.15) is 11.5 Å². The summed E-state index contributed by atoms with van der Waals surface area (Å²) in [7, 11) is 0. The van der Waals surface area contributed by atoms with Crippen molar-refractivity contribution >= 4 is 38.9 Å². The van der Waals surface area contributed by atoms with Gasteiger partial charge in [-0.15, -0.1) is 0 Å². The molecular weight excluding hydrogens is 813 g/mol. The van der Waals surface area contributed by atoms with Crippen molar-refractivity contribution in [3.8, 4) is 50.6 Å². The predicted molar refractivity (Wildman–Crippen MR) is 276 cm³/mol. The van der Waals surface area contributed by atoms with E-state index in [-0.39, 0.29) is 5.41 Å². The molecule has 1 unspecified atom stereocenters. The van der Waals surface area contributed by atoms with Crippen molar-refractivity contribution in [2.24, 2.45) is 0 Å². The molecule has 0 fully saturated rings. The third-order valence-electron chi connectivity index (χ3n) is 15.1. The second kappa shape index (κ2) is 14.1. The van der Waals surface area contributed by atoms with E-state index >= 15 is 0 Å². The Morgan fingerprint density at radius 2 is 0.955 bits per heavy atom. The van der Waals surface area contributed by atoms with Crippen LogP contribution in [0.15, 0.2) is 231 Å². The van der Waals surface area contributed by atoms with E-state index in [2.05, 4.69) is 254 Å². The second-order valence-electron chi connectivity index (χ2n) is 18.8. The summed E-state index contributed by atoms with van der Waals surface area (Å²) < 4.78 is 9.67. The number of hydrogen-bond donors (Lipinski definition) is 0. The Bertz CT molecular complexity index is 3800. The molecule has 11 aromatic rings. The summed E-state index contributed by atoms with van der Waals surface area (Å²) in [5.74, 6) is 1.77. The van der Waals surface area contributed by atoms with Crippen LogP contribution in [0.5, 0.6) is 11.5 Å². The number of anilines is 3. The van der Waals surface area contributed by atoms with Crippen LogP contribution in [0.1, 0.15) is 47.2 Å². The Labute approximate surface area is 390 Å². The van der Waals surface area contributed by atoms with Crippen molar-refractivity contribution in [1.82, 2.24) is 4.57 Å². The molecule has 0 bridgehead atoms. The van der Waals surface area contributed by atoms with Crippen LogP contribution in [0, 0.1) is 0 Å². The van der Waals surface area contributed by atoms with Gasteiger partial charge in [0.05, 0.1) is 22.1 Å². The standard InChI is InChI=1S/C64H44N2O/c1-63(2)52-22-8-6-18-48(52)49-39-38-46(40-57(49)63)65(44-34-30-42(31-35-44)41-16-4-3-5-17-41)45-36-32-43(33-37-45)47-20-14-26-56-62(47)67-60-29-13-10-24-54(60)64(56)53-23-9-12-28-59(53)66-58-27-11-7-19-50(58)51-21-15-25-55(64)61(51)66/h3-40H,1-2H3. The fraction of sp³-hybridized carbons (Fsp3) is 0.0625. The summed E-state index contributed by atoms with van der Waals surface area (Å²) in [6.45, 7) is 4.71. The quantitative estimate of drug-likeness (QED) is 0.172. The Balaban J connectivity index is 0.940. The van der Waals surface area contributed by atoms with Crippen molar-refractivity contribution in [2.45, 2.75) is 24.7 Å². The van der Waals surface area contributed by atoms with Gasteiger partial charge in [0.15, 0.2) is 0 Å². The van der Waals surface area contributed by atoms with Crippen molar-refractivity contribution in [3.63, 3.8) is 0 Å². The third-order valence-corrected chi connectivity index (χ3v) is 15.1. The highest BCUT2D eigenvalue weighted by atomic mass is 16.5. The molecule has 10 aromatic carbocycles. The summed E-state index contributed by atoms with van der Waals surface area (Å²) in [6.07, 6.45) is 0. The summed E-state index contributed by atoms with van der Waals surface area (Å²) in [4.78, 5) is 2.40. The highest BCUT2D eigenvalue weighted by Crippen LogP contribution is 2.62. The zero-order chi connectivity index (χ0) is 44.4. The molecule has 0 N–H and O–H groups in total. The lowest BCUT2D eigenvalue weighted by atomic mass is 9.61. The molecule has 1 aromatic heterocycles. The van der Waals surface area contributed by atoms with E-state index in [9.17, 15) is 0 Å². The molecule has 3 aliphatic rings. The van der Waals surface area contributed by atoms with Crippen LogP contribution in [0.3, 0.4) is 0 Å². The normalized spacial score (nSPS) is 15.6. The first-order valence-corrected chi connectivity index (χ1v) is 23.3. The Morgan fingerprint density at radius 3 is 1.78 bits per heavy atom. The number of para-hydroxylation sites is 5. The summed E-state index contributed by atoms with van der Waals surface area (Å²) in [5.41, 5.74) is 20.9. The van der Waals surface area contributed by atoms with E-state index in [0.29, 0.717) is 0 Å². The molecular formula is C64H44N2O. The van der Waals surface area contributed by atoms with Gasteiger partial charge in [-0.05, 0) is 105 Å². The topological polar surface area (TPSA) is 17.4 Å². The minimum atomic E-state index is -0.635. The number of fused-ring (bicyclic) bond motifs is 14. The molecule has 3 heterocycles. The number of ether oxygens (including phenoxy) is 1. The highest BCUT2D eigenvalue weighted by Gasteiger charge is 2.50. The average molecular weight is 857 g/mol. The maximum atomic E-state index is 7.18. The van der Waals surface area contributed by atoms with Gasteiger partial charge in [0.2, 0.25) is 0 Å². The lowest BCUT2D eigenvalue weighted by molar-refractivity contribution is 0.435. The minimum Gasteiger partial charge on any atom is -0.456 e. The number of rotatable bonds is 5. The Morgan fingerprint density at radius 1 is 0.388 bits per heavy atom. The lowest BCUT2D eigenvalue weighted by Crippen LogP contribution is -2.37. The molecule has 0 saturated carbocycles. The molecule has 14 rings (SSSR count). The molecule has 0 radical (unpaired) electrons. The molecule has 0 saturated heterocycles. The first kappa shape index (κ1) is 37.9. The van der Waals surface area contributed by atoms with Crippen LogP contribution < -0.4 is 9.64 Å². The van der Waals surface area contributed by atoms with Crippen LogP contribution in [0.2, 0.25) is 0 Å². The first-order valence-electron chi connectivity index (χ1n) is 23.3. The van der Waals surface area contributed by atoms with Gasteiger partial charge in [-0.3, -0.25) is 0 Å². The van der Waals surface area contributed by atoms with Crippen molar-refractivity contribution in [3.05, 3.63) is 264 Å². The van der Waals surface area contributed by atoms with Crippen LogP contribution in [-0.4, -0.2) is 4.57 Å². The molecule has 3 nitrogen and oxygen atoms in total. The van der Waals surface area contributed by atoms with Gasteiger partial charge in [-0.2, -0.15) is 0 Å². The molecule has 67 heavy (non-hydrogen) atoms. The molecule has 2 aliphatic heterocycles. The van der Waals surface area contributed by atoms with E-state index in [1.807, 2.05) is 0 Å². The Kier molecular flexibility index (Phi) is 7.95. The molecule has 1 aliphatic carbocycles. The van der Waals surface area contributed by atoms with Crippen LogP contribution in [0.4, 0.5) is 17.1 Å². The zero-order valence-electron chi connectivity index (χ0n) is 37.2. The van der Waals surface area contributed by atoms with E-state index in [0.717, 1.165) is 50.8 Å². The molecule has 1 spiro atoms. The third kappa shape index (κ3) is 5.23. The average Bonchev–Trinajstić information content (AvgIpc) is 3.84. The molecule has 1 atom stereocenters. The Hall–Kier alpha value is -8.40. The van der Waals surface area contributed by atoms with E-state index < -0.39 is 5.41 Å². The van der Waals surface area contributed by atoms with Gasteiger partial charge in [0.25, 0.3) is 0 Å². The fourth-order valence-electron chi connectivity index (χ4n) is 12.1. The summed E-state index contributed by atoms with van der Waals surface area (Å²) in [5, 5.41) is 2.52. The maximum absolute atomic E-state index is 7.18. The van der Waals surface area contributed by atoms with Crippen LogP contribution in [-0.2, 0) is 10.8 Å². The lowest BCUT2D eigenvalue weighted by Gasteiger charge is -2.45. The zero-order valence-corrected chi connectivity index (χ0v) is 37.2. The van der Waals surface area contributed by atoms with Gasteiger partial charge in [0, 0.05) is 49.9 Å². The molecule has 3 heteroatoms. The number of nitrogens with zero attached hydrogens (tertiary/aromatic N) is 2. The van der Waals surface area contributed by atoms with Gasteiger partial charge >= 0.3 is 0 Å². The minimum absolute atomic E-state index is 0.127. The smallest absolute Gasteiger partial charge is 0.140 e. The number of hydrogen-bond acceptors (Lipinski definition) is 2. The summed E-state index contributed by atoms with van der Waals surface area (Å²) in [6, 6.07) is 84.7. The number of benzene rings is 10. The number of aromatic nitrogens is 1. The predicted octanol–water partition coefficient (Wildman–Crippen LogP) is 16.7. The van der Waals surface area contributed by atoms with Crippen molar-refractivity contribution in [2.75, 3.05) is 4.90 Å². The molecule has 316 valence electrons. The van der Waals surface area contributed by atoms with Gasteiger partial charge in [-0.1, -0.05) is 190 Å². The first-order chi connectivity index (χ1) is 33.0.